The van der Waals surface area contributed by atoms with E-state index in [1.807, 2.05) is 0 Å². The number of phosphoric ester groups is 3. The summed E-state index contributed by atoms with van der Waals surface area (Å²) in [6, 6.07) is 0. The number of aliphatic hydroxyl groups is 1. The predicted octanol–water partition coefficient (Wildman–Crippen LogP) is -2.45. The van der Waals surface area contributed by atoms with Gasteiger partial charge in [0.1, 0.15) is 30.5 Å². The first-order valence-electron chi connectivity index (χ1n) is 7.39. The second kappa shape index (κ2) is 9.12. The first-order chi connectivity index (χ1) is 12.6. The van der Waals surface area contributed by atoms with Gasteiger partial charge in [0.05, 0.1) is 19.8 Å². The second-order valence-electron chi connectivity index (χ2n) is 5.73. The number of ether oxygens (including phenoxy) is 3. The summed E-state index contributed by atoms with van der Waals surface area (Å²) in [5, 5.41) is 10.3. The summed E-state index contributed by atoms with van der Waals surface area (Å²) >= 11 is 0. The molecule has 0 aromatic heterocycles. The van der Waals surface area contributed by atoms with E-state index < -0.39 is 66.9 Å². The third-order valence-electron chi connectivity index (χ3n) is 3.50. The summed E-state index contributed by atoms with van der Waals surface area (Å²) in [5.41, 5.74) is 0. The molecule has 2 aliphatic rings. The summed E-state index contributed by atoms with van der Waals surface area (Å²) in [7, 11) is -15.3. The SMILES string of the molecule is O=P(O)(O)O[C@@H]1[C@@H](O)[C@H](O[C@@H]2COC[C@@H]2OP(=O)(O)O)OC[C@H]1OP(=O)(O)O. The van der Waals surface area contributed by atoms with Crippen LogP contribution in [0.3, 0.4) is 0 Å². The summed E-state index contributed by atoms with van der Waals surface area (Å²) in [4.78, 5) is 53.4. The highest BCUT2D eigenvalue weighted by molar-refractivity contribution is 7.46. The van der Waals surface area contributed by atoms with Crippen LogP contribution in [0.2, 0.25) is 0 Å². The van der Waals surface area contributed by atoms with Crippen LogP contribution in [0.4, 0.5) is 0 Å². The number of rotatable bonds is 8. The van der Waals surface area contributed by atoms with Crippen LogP contribution >= 0.6 is 23.5 Å². The largest absolute Gasteiger partial charge is 0.470 e. The van der Waals surface area contributed by atoms with E-state index in [-0.39, 0.29) is 13.2 Å². The molecular weight excluding hydrogens is 457 g/mol. The molecule has 0 aliphatic carbocycles. The van der Waals surface area contributed by atoms with Gasteiger partial charge in [-0.15, -0.1) is 0 Å². The quantitative estimate of drug-likeness (QED) is 0.180. The minimum Gasteiger partial charge on any atom is -0.385 e. The van der Waals surface area contributed by atoms with Crippen molar-refractivity contribution in [2.75, 3.05) is 19.8 Å². The van der Waals surface area contributed by atoms with Crippen LogP contribution in [0.25, 0.3) is 0 Å². The molecule has 2 fully saturated rings. The zero-order chi connectivity index (χ0) is 21.3. The number of aliphatic hydroxyl groups excluding tert-OH is 1. The third-order valence-corrected chi connectivity index (χ3v) is 5.11. The number of phosphoric acid groups is 3. The van der Waals surface area contributed by atoms with E-state index in [4.69, 9.17) is 43.6 Å². The molecule has 7 N–H and O–H groups in total. The van der Waals surface area contributed by atoms with E-state index in [1.54, 1.807) is 0 Å². The van der Waals surface area contributed by atoms with Crippen LogP contribution in [-0.2, 0) is 41.5 Å². The topological polar surface area (TPSA) is 248 Å². The maximum Gasteiger partial charge on any atom is 0.470 e. The van der Waals surface area contributed by atoms with Gasteiger partial charge in [-0.1, -0.05) is 0 Å². The van der Waals surface area contributed by atoms with Crippen molar-refractivity contribution in [3.05, 3.63) is 0 Å². The van der Waals surface area contributed by atoms with Gasteiger partial charge in [0.2, 0.25) is 0 Å². The fourth-order valence-electron chi connectivity index (χ4n) is 2.52. The van der Waals surface area contributed by atoms with Crippen molar-refractivity contribution in [1.29, 1.82) is 0 Å². The Morgan fingerprint density at radius 1 is 0.714 bits per heavy atom. The lowest BCUT2D eigenvalue weighted by Gasteiger charge is -2.40. The van der Waals surface area contributed by atoms with Gasteiger partial charge in [-0.05, 0) is 0 Å². The van der Waals surface area contributed by atoms with Crippen molar-refractivity contribution >= 4 is 23.5 Å². The molecule has 2 aliphatic heterocycles. The normalized spacial score (nSPS) is 35.2. The lowest BCUT2D eigenvalue weighted by molar-refractivity contribution is -0.281. The summed E-state index contributed by atoms with van der Waals surface area (Å²) < 4.78 is 61.6. The molecule has 0 aromatic rings. The van der Waals surface area contributed by atoms with Crippen molar-refractivity contribution in [1.82, 2.24) is 0 Å². The Bertz CT molecular complexity index is 666. The average molecular weight is 476 g/mol. The standard InChI is InChI=1S/C9H19O16P3/c10-7-8(25-28(17,18)19)6(24-27(14,15)16)3-21-9(7)22-4-1-20-2-5(4)23-26(11,12)13/h4-10H,1-3H2,(H2,11,12,13)(H2,14,15,16)(H2,17,18,19)/t4-,5+,6-,7-,8+,9+/m1/s1. The van der Waals surface area contributed by atoms with Crippen LogP contribution in [0.5, 0.6) is 0 Å². The Kier molecular flexibility index (Phi) is 7.96. The van der Waals surface area contributed by atoms with E-state index in [0.29, 0.717) is 0 Å². The van der Waals surface area contributed by atoms with Crippen molar-refractivity contribution in [3.63, 3.8) is 0 Å². The molecule has 28 heavy (non-hydrogen) atoms. The van der Waals surface area contributed by atoms with E-state index in [1.165, 1.54) is 0 Å². The third kappa shape index (κ3) is 7.78. The molecule has 0 aromatic carbocycles. The maximum absolute atomic E-state index is 11.1. The second-order valence-corrected chi connectivity index (χ2v) is 9.31. The van der Waals surface area contributed by atoms with Crippen molar-refractivity contribution in [3.8, 4) is 0 Å². The van der Waals surface area contributed by atoms with Crippen LogP contribution in [0, 0.1) is 0 Å². The molecule has 19 heteroatoms. The molecule has 0 bridgehead atoms. The molecular formula is C9H19O16P3. The molecule has 166 valence electrons. The molecule has 2 heterocycles. The zero-order valence-electron chi connectivity index (χ0n) is 13.7. The van der Waals surface area contributed by atoms with E-state index in [2.05, 4.69) is 13.6 Å². The minimum absolute atomic E-state index is 0.219. The molecule has 0 unspecified atom stereocenters. The van der Waals surface area contributed by atoms with Gasteiger partial charge < -0.3 is 48.7 Å². The van der Waals surface area contributed by atoms with Crippen LogP contribution < -0.4 is 0 Å². The first-order valence-corrected chi connectivity index (χ1v) is 12.0. The highest BCUT2D eigenvalue weighted by atomic mass is 31.2. The number of hydrogen-bond donors (Lipinski definition) is 7. The van der Waals surface area contributed by atoms with Crippen LogP contribution in [0.1, 0.15) is 0 Å². The van der Waals surface area contributed by atoms with Gasteiger partial charge in [0.15, 0.2) is 6.29 Å². The fraction of sp³-hybridized carbons (Fsp3) is 1.00. The van der Waals surface area contributed by atoms with Gasteiger partial charge >= 0.3 is 23.5 Å². The summed E-state index contributed by atoms with van der Waals surface area (Å²) in [6.45, 7) is -1.19. The zero-order valence-corrected chi connectivity index (χ0v) is 16.4. The van der Waals surface area contributed by atoms with Gasteiger partial charge in [0, 0.05) is 0 Å². The average Bonchev–Trinajstić information content (AvgIpc) is 2.88. The van der Waals surface area contributed by atoms with Gasteiger partial charge in [0.25, 0.3) is 0 Å². The smallest absolute Gasteiger partial charge is 0.385 e. The summed E-state index contributed by atoms with van der Waals surface area (Å²) in [6.07, 6.45) is -9.85. The lowest BCUT2D eigenvalue weighted by atomic mass is 10.1. The number of hydrogen-bond acceptors (Lipinski definition) is 10. The molecule has 2 saturated heterocycles. The molecule has 0 radical (unpaired) electrons. The van der Waals surface area contributed by atoms with Gasteiger partial charge in [-0.3, -0.25) is 13.6 Å². The van der Waals surface area contributed by atoms with Crippen LogP contribution in [-0.4, -0.2) is 91.1 Å². The Hall–Kier alpha value is 0.170. The van der Waals surface area contributed by atoms with Crippen molar-refractivity contribution < 1.29 is 75.9 Å². The Morgan fingerprint density at radius 2 is 1.21 bits per heavy atom. The van der Waals surface area contributed by atoms with Crippen molar-refractivity contribution in [2.24, 2.45) is 0 Å². The molecule has 2 rings (SSSR count). The summed E-state index contributed by atoms with van der Waals surface area (Å²) in [5.74, 6) is 0. The lowest BCUT2D eigenvalue weighted by Crippen LogP contribution is -2.56. The Morgan fingerprint density at radius 3 is 1.75 bits per heavy atom. The molecule has 0 spiro atoms. The molecule has 0 saturated carbocycles. The highest BCUT2D eigenvalue weighted by Crippen LogP contribution is 2.46. The minimum atomic E-state index is -5.23. The predicted molar refractivity (Wildman–Crippen MR) is 82.2 cm³/mol. The molecule has 6 atom stereocenters. The monoisotopic (exact) mass is 476 g/mol. The maximum atomic E-state index is 11.1. The van der Waals surface area contributed by atoms with Gasteiger partial charge in [-0.2, -0.15) is 0 Å². The van der Waals surface area contributed by atoms with Gasteiger partial charge in [-0.25, -0.2) is 13.7 Å². The molecule has 0 amide bonds. The van der Waals surface area contributed by atoms with E-state index in [9.17, 15) is 18.8 Å². The Labute approximate surface area is 157 Å². The highest BCUT2D eigenvalue weighted by Gasteiger charge is 2.49. The van der Waals surface area contributed by atoms with Crippen molar-refractivity contribution in [2.45, 2.75) is 36.8 Å². The Balaban J connectivity index is 2.11. The van der Waals surface area contributed by atoms with Crippen LogP contribution in [0.15, 0.2) is 0 Å². The van der Waals surface area contributed by atoms with E-state index in [0.717, 1.165) is 0 Å². The van der Waals surface area contributed by atoms with E-state index >= 15 is 0 Å². The fourth-order valence-corrected chi connectivity index (χ4v) is 4.18. The molecule has 16 nitrogen and oxygen atoms in total. The first kappa shape index (κ1) is 24.4.